The molecule has 0 saturated carbocycles. The Kier molecular flexibility index (Phi) is 7.85. The zero-order valence-corrected chi connectivity index (χ0v) is 16.9. The largest absolute Gasteiger partial charge is 0.333 e. The predicted molar refractivity (Wildman–Crippen MR) is 120 cm³/mol. The molecule has 0 aliphatic carbocycles. The van der Waals surface area contributed by atoms with E-state index in [-0.39, 0.29) is 5.92 Å². The van der Waals surface area contributed by atoms with Gasteiger partial charge in [0.25, 0.3) is 0 Å². The summed E-state index contributed by atoms with van der Waals surface area (Å²) in [7, 11) is 1.50. The maximum atomic E-state index is 9.07. The van der Waals surface area contributed by atoms with E-state index in [1.807, 2.05) is 42.7 Å². The molecule has 0 saturated heterocycles. The first-order valence-electron chi connectivity index (χ1n) is 9.44. The number of aryl methyl sites for hydroxylation is 2. The summed E-state index contributed by atoms with van der Waals surface area (Å²) in [6.07, 6.45) is 6.25. The molecule has 144 valence electrons. The van der Waals surface area contributed by atoms with Crippen molar-refractivity contribution in [1.29, 1.82) is 5.41 Å². The average molecular weight is 372 g/mol. The lowest BCUT2D eigenvalue weighted by atomic mass is 9.82. The quantitative estimate of drug-likeness (QED) is 0.577. The Morgan fingerprint density at radius 1 is 1.07 bits per heavy atom. The Hall–Kier alpha value is -3.04. The number of rotatable bonds is 6. The molecule has 1 atom stereocenters. The summed E-state index contributed by atoms with van der Waals surface area (Å²) in [5.74, 6) is -0.0166. The van der Waals surface area contributed by atoms with Crippen LogP contribution in [0.15, 0.2) is 73.6 Å². The molecule has 1 heterocycles. The van der Waals surface area contributed by atoms with Crippen LogP contribution in [0.25, 0.3) is 6.08 Å². The lowest BCUT2D eigenvalue weighted by Crippen LogP contribution is -2.18. The highest BCUT2D eigenvalue weighted by Crippen LogP contribution is 2.29. The van der Waals surface area contributed by atoms with E-state index >= 15 is 0 Å². The minimum absolute atomic E-state index is 0.0166. The van der Waals surface area contributed by atoms with Crippen molar-refractivity contribution >= 4 is 11.8 Å². The van der Waals surface area contributed by atoms with Crippen molar-refractivity contribution in [3.63, 3.8) is 0 Å². The van der Waals surface area contributed by atoms with Gasteiger partial charge in [-0.25, -0.2) is 0 Å². The molecular weight excluding hydrogens is 342 g/mol. The Morgan fingerprint density at radius 2 is 1.75 bits per heavy atom. The third kappa shape index (κ3) is 5.02. The highest BCUT2D eigenvalue weighted by molar-refractivity contribution is 6.06. The van der Waals surface area contributed by atoms with Crippen LogP contribution in [0.4, 0.5) is 0 Å². The fourth-order valence-corrected chi connectivity index (χ4v) is 3.43. The predicted octanol–water partition coefficient (Wildman–Crippen LogP) is 5.31. The van der Waals surface area contributed by atoms with E-state index in [2.05, 4.69) is 61.5 Å². The van der Waals surface area contributed by atoms with E-state index in [1.54, 1.807) is 0 Å². The van der Waals surface area contributed by atoms with Crippen molar-refractivity contribution < 1.29 is 0 Å². The van der Waals surface area contributed by atoms with Crippen LogP contribution < -0.4 is 5.73 Å². The van der Waals surface area contributed by atoms with Crippen LogP contribution in [0.5, 0.6) is 0 Å². The molecule has 0 aliphatic heterocycles. The summed E-state index contributed by atoms with van der Waals surface area (Å²) < 4.78 is 0. The normalized spacial score (nSPS) is 11.1. The molecule has 3 nitrogen and oxygen atoms in total. The molecule has 0 spiro atoms. The number of hydrogen-bond donors (Lipinski definition) is 2. The van der Waals surface area contributed by atoms with Crippen LogP contribution >= 0.6 is 0 Å². The first kappa shape index (κ1) is 21.3. The maximum absolute atomic E-state index is 9.07. The van der Waals surface area contributed by atoms with Crippen LogP contribution in [0.2, 0.25) is 0 Å². The summed E-state index contributed by atoms with van der Waals surface area (Å²) in [5.41, 5.74) is 11.8. The molecule has 2 aromatic carbocycles. The van der Waals surface area contributed by atoms with Crippen LogP contribution in [0, 0.1) is 19.3 Å². The zero-order chi connectivity index (χ0) is 20.5. The fraction of sp³-hybridized carbons (Fsp3) is 0.200. The van der Waals surface area contributed by atoms with E-state index in [0.29, 0.717) is 5.71 Å². The minimum Gasteiger partial charge on any atom is -0.333 e. The van der Waals surface area contributed by atoms with Crippen LogP contribution in [0.3, 0.4) is 0 Å². The SMILES string of the molecule is C=Cc1cccc(C)c1C(=N)C(Cc1ccncc1)c1cccc(C)c1.CN. The highest BCUT2D eigenvalue weighted by Gasteiger charge is 2.22. The Morgan fingerprint density at radius 3 is 2.39 bits per heavy atom. The number of pyridine rings is 1. The highest BCUT2D eigenvalue weighted by atomic mass is 14.6. The van der Waals surface area contributed by atoms with Gasteiger partial charge < -0.3 is 11.1 Å². The summed E-state index contributed by atoms with van der Waals surface area (Å²) in [5, 5.41) is 9.07. The van der Waals surface area contributed by atoms with Crippen LogP contribution in [-0.4, -0.2) is 17.7 Å². The number of nitrogens with zero attached hydrogens (tertiary/aromatic N) is 1. The number of aromatic nitrogens is 1. The fourth-order valence-electron chi connectivity index (χ4n) is 3.43. The molecule has 1 aromatic heterocycles. The summed E-state index contributed by atoms with van der Waals surface area (Å²) >= 11 is 0. The van der Waals surface area contributed by atoms with E-state index in [9.17, 15) is 0 Å². The van der Waals surface area contributed by atoms with Gasteiger partial charge in [0.15, 0.2) is 0 Å². The van der Waals surface area contributed by atoms with Crippen molar-refractivity contribution in [2.45, 2.75) is 26.2 Å². The lowest BCUT2D eigenvalue weighted by molar-refractivity contribution is 0.866. The van der Waals surface area contributed by atoms with Crippen molar-refractivity contribution in [2.24, 2.45) is 5.73 Å². The maximum Gasteiger partial charge on any atom is 0.0472 e. The van der Waals surface area contributed by atoms with Crippen molar-refractivity contribution in [1.82, 2.24) is 4.98 Å². The first-order chi connectivity index (χ1) is 13.6. The molecular formula is C25H29N3. The van der Waals surface area contributed by atoms with Gasteiger partial charge in [0.05, 0.1) is 0 Å². The second-order valence-electron chi connectivity index (χ2n) is 6.68. The molecule has 3 N–H and O–H groups in total. The number of nitrogens with one attached hydrogen (secondary N) is 1. The third-order valence-electron chi connectivity index (χ3n) is 4.78. The van der Waals surface area contributed by atoms with Gasteiger partial charge in [0.1, 0.15) is 0 Å². The van der Waals surface area contributed by atoms with Gasteiger partial charge in [-0.15, -0.1) is 0 Å². The number of hydrogen-bond acceptors (Lipinski definition) is 3. The summed E-state index contributed by atoms with van der Waals surface area (Å²) in [6.45, 7) is 8.10. The molecule has 0 fully saturated rings. The third-order valence-corrected chi connectivity index (χ3v) is 4.78. The van der Waals surface area contributed by atoms with Gasteiger partial charge in [-0.05, 0) is 61.7 Å². The topological polar surface area (TPSA) is 62.8 Å². The van der Waals surface area contributed by atoms with Crippen molar-refractivity contribution in [3.05, 3.63) is 107 Å². The second-order valence-corrected chi connectivity index (χ2v) is 6.68. The van der Waals surface area contributed by atoms with Crippen molar-refractivity contribution in [2.75, 3.05) is 7.05 Å². The molecule has 3 aromatic rings. The second kappa shape index (κ2) is 10.3. The molecule has 3 heteroatoms. The van der Waals surface area contributed by atoms with Crippen LogP contribution in [0.1, 0.15) is 39.3 Å². The molecule has 0 amide bonds. The Balaban J connectivity index is 0.00000136. The van der Waals surface area contributed by atoms with Gasteiger partial charge in [-0.2, -0.15) is 0 Å². The number of benzene rings is 2. The smallest absolute Gasteiger partial charge is 0.0472 e. The molecule has 28 heavy (non-hydrogen) atoms. The van der Waals surface area contributed by atoms with E-state index in [4.69, 9.17) is 5.41 Å². The molecule has 0 aliphatic rings. The van der Waals surface area contributed by atoms with Gasteiger partial charge >= 0.3 is 0 Å². The molecule has 0 radical (unpaired) electrons. The molecule has 3 rings (SSSR count). The van der Waals surface area contributed by atoms with Gasteiger partial charge in [-0.1, -0.05) is 60.7 Å². The molecule has 0 bridgehead atoms. The van der Waals surface area contributed by atoms with Gasteiger partial charge in [0, 0.05) is 29.6 Å². The Labute approximate surface area is 168 Å². The number of nitrogens with two attached hydrogens (primary N) is 1. The van der Waals surface area contributed by atoms with Crippen molar-refractivity contribution in [3.8, 4) is 0 Å². The zero-order valence-electron chi connectivity index (χ0n) is 16.9. The van der Waals surface area contributed by atoms with E-state index in [1.165, 1.54) is 23.7 Å². The van der Waals surface area contributed by atoms with E-state index in [0.717, 1.165) is 23.1 Å². The average Bonchev–Trinajstić information content (AvgIpc) is 2.73. The lowest BCUT2D eigenvalue weighted by Gasteiger charge is -2.22. The molecule has 1 unspecified atom stereocenters. The monoisotopic (exact) mass is 371 g/mol. The van der Waals surface area contributed by atoms with Gasteiger partial charge in [-0.3, -0.25) is 4.98 Å². The van der Waals surface area contributed by atoms with Crippen LogP contribution in [-0.2, 0) is 6.42 Å². The Bertz CT molecular complexity index is 930. The standard InChI is InChI=1S/C24H24N2.CH5N/c1-4-20-9-6-8-18(3)23(20)24(25)22(16-19-11-13-26-14-12-19)21-10-5-7-17(2)15-21;1-2/h4-15,22,25H,1,16H2,2-3H3;2H2,1H3. The minimum atomic E-state index is -0.0166. The van der Waals surface area contributed by atoms with Gasteiger partial charge in [0.2, 0.25) is 0 Å². The van der Waals surface area contributed by atoms with E-state index < -0.39 is 0 Å². The summed E-state index contributed by atoms with van der Waals surface area (Å²) in [6, 6.07) is 18.7. The summed E-state index contributed by atoms with van der Waals surface area (Å²) in [4.78, 5) is 4.12. The first-order valence-corrected chi connectivity index (χ1v) is 9.44.